The largest absolute Gasteiger partial charge is 0.454 e. The molecule has 0 saturated carbocycles. The highest BCUT2D eigenvalue weighted by molar-refractivity contribution is 6.36. The molecule has 0 radical (unpaired) electrons. The number of esters is 1. The van der Waals surface area contributed by atoms with Crippen molar-refractivity contribution in [2.24, 2.45) is 11.8 Å². The lowest BCUT2D eigenvalue weighted by molar-refractivity contribution is -0.151. The van der Waals surface area contributed by atoms with E-state index in [1.807, 2.05) is 27.7 Å². The minimum atomic E-state index is -0.698. The average Bonchev–Trinajstić information content (AvgIpc) is 2.56. The molecule has 1 aromatic carbocycles. The number of carbonyl (C=O) groups is 3. The lowest BCUT2D eigenvalue weighted by Crippen LogP contribution is -2.40. The zero-order chi connectivity index (χ0) is 20.6. The SMILES string of the molecule is CC(C)CN(CC(C)C)C(=O)COC(=O)CNC(=O)c1ccc(Cl)cc1Cl. The third-order valence-electron chi connectivity index (χ3n) is 3.45. The quantitative estimate of drug-likeness (QED) is 0.625. The van der Waals surface area contributed by atoms with Gasteiger partial charge in [0.25, 0.3) is 11.8 Å². The second-order valence-corrected chi connectivity index (χ2v) is 7.90. The smallest absolute Gasteiger partial charge is 0.325 e. The number of carbonyl (C=O) groups excluding carboxylic acids is 3. The molecular formula is C19H26Cl2N2O4. The normalized spacial score (nSPS) is 10.8. The van der Waals surface area contributed by atoms with Gasteiger partial charge in [0.2, 0.25) is 0 Å². The average molecular weight is 417 g/mol. The van der Waals surface area contributed by atoms with Crippen LogP contribution in [0.25, 0.3) is 0 Å². The van der Waals surface area contributed by atoms with Crippen molar-refractivity contribution in [3.63, 3.8) is 0 Å². The number of hydrogen-bond acceptors (Lipinski definition) is 4. The highest BCUT2D eigenvalue weighted by Crippen LogP contribution is 2.20. The molecule has 0 aromatic heterocycles. The molecule has 0 saturated heterocycles. The number of amides is 2. The van der Waals surface area contributed by atoms with Gasteiger partial charge in [-0.05, 0) is 30.0 Å². The molecule has 1 rings (SSSR count). The standard InChI is InChI=1S/C19H26Cl2N2O4/c1-12(2)9-23(10-13(3)4)17(24)11-27-18(25)8-22-19(26)15-6-5-14(20)7-16(15)21/h5-7,12-13H,8-11H2,1-4H3,(H,22,26). The summed E-state index contributed by atoms with van der Waals surface area (Å²) in [5, 5.41) is 3.00. The molecule has 150 valence electrons. The van der Waals surface area contributed by atoms with Crippen LogP contribution in [0.4, 0.5) is 0 Å². The van der Waals surface area contributed by atoms with Gasteiger partial charge in [-0.3, -0.25) is 14.4 Å². The van der Waals surface area contributed by atoms with E-state index in [9.17, 15) is 14.4 Å². The summed E-state index contributed by atoms with van der Waals surface area (Å²) in [5.74, 6) is -0.853. The minimum Gasteiger partial charge on any atom is -0.454 e. The first-order chi connectivity index (χ1) is 12.6. The molecule has 0 fully saturated rings. The fourth-order valence-corrected chi connectivity index (χ4v) is 2.86. The van der Waals surface area contributed by atoms with Crippen LogP contribution in [-0.2, 0) is 14.3 Å². The molecule has 0 atom stereocenters. The maximum absolute atomic E-state index is 12.3. The van der Waals surface area contributed by atoms with Gasteiger partial charge in [0.15, 0.2) is 6.61 Å². The number of nitrogens with zero attached hydrogens (tertiary/aromatic N) is 1. The van der Waals surface area contributed by atoms with Gasteiger partial charge in [-0.2, -0.15) is 0 Å². The van der Waals surface area contributed by atoms with Gasteiger partial charge >= 0.3 is 5.97 Å². The summed E-state index contributed by atoms with van der Waals surface area (Å²) in [6, 6.07) is 4.43. The molecule has 0 unspecified atom stereocenters. The summed E-state index contributed by atoms with van der Waals surface area (Å²) < 4.78 is 4.98. The summed E-state index contributed by atoms with van der Waals surface area (Å²) in [5.41, 5.74) is 0.199. The predicted molar refractivity (Wildman–Crippen MR) is 106 cm³/mol. The molecule has 0 spiro atoms. The van der Waals surface area contributed by atoms with E-state index in [2.05, 4.69) is 5.32 Å². The first-order valence-electron chi connectivity index (χ1n) is 8.76. The Kier molecular flexibility index (Phi) is 9.60. The molecule has 1 aromatic rings. The number of rotatable bonds is 9. The van der Waals surface area contributed by atoms with Gasteiger partial charge in [-0.25, -0.2) is 0 Å². The first-order valence-corrected chi connectivity index (χ1v) is 9.52. The van der Waals surface area contributed by atoms with Crippen LogP contribution in [-0.4, -0.2) is 48.9 Å². The van der Waals surface area contributed by atoms with Gasteiger partial charge in [-0.1, -0.05) is 50.9 Å². The van der Waals surface area contributed by atoms with E-state index in [0.29, 0.717) is 29.9 Å². The second-order valence-electron chi connectivity index (χ2n) is 7.05. The van der Waals surface area contributed by atoms with Crippen LogP contribution in [0.5, 0.6) is 0 Å². The van der Waals surface area contributed by atoms with Crippen LogP contribution in [0.15, 0.2) is 18.2 Å². The summed E-state index contributed by atoms with van der Waals surface area (Å²) in [6.45, 7) is 8.55. The third-order valence-corrected chi connectivity index (χ3v) is 4.00. The molecule has 8 heteroatoms. The highest BCUT2D eigenvalue weighted by atomic mass is 35.5. The molecule has 0 bridgehead atoms. The Hall–Kier alpha value is -1.79. The van der Waals surface area contributed by atoms with Gasteiger partial charge in [0, 0.05) is 18.1 Å². The summed E-state index contributed by atoms with van der Waals surface area (Å²) in [7, 11) is 0. The van der Waals surface area contributed by atoms with Crippen LogP contribution in [0.3, 0.4) is 0 Å². The molecule has 2 amide bonds. The Bertz CT molecular complexity index is 668. The predicted octanol–water partition coefficient (Wildman–Crippen LogP) is 3.41. The maximum Gasteiger partial charge on any atom is 0.325 e. The van der Waals surface area contributed by atoms with Crippen LogP contribution in [0.2, 0.25) is 10.0 Å². The fourth-order valence-electron chi connectivity index (χ4n) is 2.37. The Balaban J connectivity index is 2.49. The number of halogens is 2. The van der Waals surface area contributed by atoms with Crippen molar-refractivity contribution < 1.29 is 19.1 Å². The Morgan fingerprint density at radius 3 is 2.19 bits per heavy atom. The second kappa shape index (κ2) is 11.1. The van der Waals surface area contributed by atoms with E-state index in [0.717, 1.165) is 0 Å². The van der Waals surface area contributed by atoms with E-state index < -0.39 is 11.9 Å². The van der Waals surface area contributed by atoms with Crippen molar-refractivity contribution in [1.29, 1.82) is 0 Å². The van der Waals surface area contributed by atoms with Crippen molar-refractivity contribution in [3.8, 4) is 0 Å². The molecule has 1 N–H and O–H groups in total. The summed E-state index contributed by atoms with van der Waals surface area (Å²) in [4.78, 5) is 37.9. The summed E-state index contributed by atoms with van der Waals surface area (Å²) >= 11 is 11.7. The number of ether oxygens (including phenoxy) is 1. The zero-order valence-corrected chi connectivity index (χ0v) is 17.6. The topological polar surface area (TPSA) is 75.7 Å². The highest BCUT2D eigenvalue weighted by Gasteiger charge is 2.18. The summed E-state index contributed by atoms with van der Waals surface area (Å²) in [6.07, 6.45) is 0. The van der Waals surface area contributed by atoms with Crippen molar-refractivity contribution in [2.75, 3.05) is 26.2 Å². The van der Waals surface area contributed by atoms with Gasteiger partial charge in [-0.15, -0.1) is 0 Å². The third kappa shape index (κ3) is 8.63. The van der Waals surface area contributed by atoms with Gasteiger partial charge < -0.3 is 15.0 Å². The van der Waals surface area contributed by atoms with E-state index in [-0.39, 0.29) is 29.6 Å². The minimum absolute atomic E-state index is 0.182. The van der Waals surface area contributed by atoms with Crippen molar-refractivity contribution in [1.82, 2.24) is 10.2 Å². The van der Waals surface area contributed by atoms with Crippen LogP contribution in [0.1, 0.15) is 38.1 Å². The lowest BCUT2D eigenvalue weighted by Gasteiger charge is -2.26. The number of hydrogen-bond donors (Lipinski definition) is 1. The van der Waals surface area contributed by atoms with Crippen molar-refractivity contribution in [2.45, 2.75) is 27.7 Å². The Labute approximate surface area is 170 Å². The van der Waals surface area contributed by atoms with Crippen LogP contribution >= 0.6 is 23.2 Å². The maximum atomic E-state index is 12.3. The first kappa shape index (κ1) is 23.2. The molecule has 0 aliphatic carbocycles. The van der Waals surface area contributed by atoms with Crippen LogP contribution in [0, 0.1) is 11.8 Å². The van der Waals surface area contributed by atoms with Crippen molar-refractivity contribution in [3.05, 3.63) is 33.8 Å². The van der Waals surface area contributed by atoms with E-state index in [1.165, 1.54) is 18.2 Å². The van der Waals surface area contributed by atoms with Gasteiger partial charge in [0.1, 0.15) is 6.54 Å². The molecule has 27 heavy (non-hydrogen) atoms. The molecule has 6 nitrogen and oxygen atoms in total. The molecular weight excluding hydrogens is 391 g/mol. The van der Waals surface area contributed by atoms with E-state index >= 15 is 0 Å². The van der Waals surface area contributed by atoms with Gasteiger partial charge in [0.05, 0.1) is 10.6 Å². The number of nitrogens with one attached hydrogen (secondary N) is 1. The Morgan fingerprint density at radius 1 is 1.07 bits per heavy atom. The lowest BCUT2D eigenvalue weighted by atomic mass is 10.1. The van der Waals surface area contributed by atoms with Crippen LogP contribution < -0.4 is 5.32 Å². The van der Waals surface area contributed by atoms with E-state index in [1.54, 1.807) is 4.90 Å². The Morgan fingerprint density at radius 2 is 1.67 bits per heavy atom. The zero-order valence-electron chi connectivity index (χ0n) is 16.1. The number of benzene rings is 1. The van der Waals surface area contributed by atoms with E-state index in [4.69, 9.17) is 27.9 Å². The molecule has 0 aliphatic rings. The molecule has 0 heterocycles. The van der Waals surface area contributed by atoms with Crippen molar-refractivity contribution >= 4 is 41.0 Å². The monoisotopic (exact) mass is 416 g/mol. The fraction of sp³-hybridized carbons (Fsp3) is 0.526. The molecule has 0 aliphatic heterocycles.